The highest BCUT2D eigenvalue weighted by molar-refractivity contribution is 5.96. The number of ether oxygens (including phenoxy) is 1. The molecule has 0 radical (unpaired) electrons. The summed E-state index contributed by atoms with van der Waals surface area (Å²) in [5.41, 5.74) is 16.0. The number of piperidine rings is 1. The maximum Gasteiger partial charge on any atom is 0.252 e. The van der Waals surface area contributed by atoms with Crippen LogP contribution >= 0.6 is 0 Å². The summed E-state index contributed by atoms with van der Waals surface area (Å²) in [6.45, 7) is 7.24. The van der Waals surface area contributed by atoms with Gasteiger partial charge >= 0.3 is 0 Å². The van der Waals surface area contributed by atoms with Crippen molar-refractivity contribution in [3.05, 3.63) is 58.7 Å². The molecule has 5 N–H and O–H groups in total. The van der Waals surface area contributed by atoms with Crippen LogP contribution in [0.1, 0.15) is 72.2 Å². The molecule has 1 unspecified atom stereocenters. The molecule has 32 heavy (non-hydrogen) atoms. The summed E-state index contributed by atoms with van der Waals surface area (Å²) in [7, 11) is 1.51. The number of nitrogens with zero attached hydrogens (tertiary/aromatic N) is 1. The van der Waals surface area contributed by atoms with Gasteiger partial charge in [0, 0.05) is 18.3 Å². The van der Waals surface area contributed by atoms with Crippen LogP contribution in [0.4, 0.5) is 5.69 Å². The van der Waals surface area contributed by atoms with Gasteiger partial charge in [0.2, 0.25) is 0 Å². The number of hydrogen-bond acceptors (Lipinski definition) is 5. The fourth-order valence-electron chi connectivity index (χ4n) is 4.48. The third-order valence-electron chi connectivity index (χ3n) is 6.65. The van der Waals surface area contributed by atoms with Gasteiger partial charge in [0.1, 0.15) is 5.75 Å². The maximum atomic E-state index is 11.7. The van der Waals surface area contributed by atoms with Crippen molar-refractivity contribution in [2.45, 2.75) is 51.6 Å². The Morgan fingerprint density at radius 1 is 1.16 bits per heavy atom. The minimum Gasteiger partial charge on any atom is -0.496 e. The highest BCUT2D eigenvalue weighted by Gasteiger charge is 2.22. The zero-order valence-electron chi connectivity index (χ0n) is 19.5. The minimum absolute atomic E-state index is 0.379. The average molecular weight is 440 g/mol. The van der Waals surface area contributed by atoms with E-state index in [1.54, 1.807) is 12.1 Å². The number of carbonyl (C=O) groups is 1. The smallest absolute Gasteiger partial charge is 0.252 e. The second-order valence-electron chi connectivity index (χ2n) is 9.23. The fourth-order valence-corrected chi connectivity index (χ4v) is 4.48. The number of anilines is 1. The van der Waals surface area contributed by atoms with Crippen molar-refractivity contribution in [1.29, 1.82) is 0 Å². The fraction of sp³-hybridized carbons (Fsp3) is 0.500. The summed E-state index contributed by atoms with van der Waals surface area (Å²) in [5, 5.41) is 10.6. The van der Waals surface area contributed by atoms with Gasteiger partial charge in [0.25, 0.3) is 5.91 Å². The molecule has 1 aliphatic heterocycles. The zero-order chi connectivity index (χ0) is 23.3. The third-order valence-corrected chi connectivity index (χ3v) is 6.65. The second kappa shape index (κ2) is 10.8. The molecule has 1 amide bonds. The average Bonchev–Trinajstić information content (AvgIpc) is 2.79. The Bertz CT molecular complexity index is 903. The number of likely N-dealkylation sites (tertiary alicyclic amines) is 1. The van der Waals surface area contributed by atoms with E-state index in [9.17, 15) is 9.90 Å². The topological polar surface area (TPSA) is 102 Å². The summed E-state index contributed by atoms with van der Waals surface area (Å²) in [4.78, 5) is 14.2. The van der Waals surface area contributed by atoms with Crippen LogP contribution in [0.2, 0.25) is 0 Å². The quantitative estimate of drug-likeness (QED) is 0.515. The Morgan fingerprint density at radius 2 is 1.78 bits per heavy atom. The van der Waals surface area contributed by atoms with Crippen LogP contribution < -0.4 is 16.2 Å². The summed E-state index contributed by atoms with van der Waals surface area (Å²) in [5.74, 6) is 0.926. The van der Waals surface area contributed by atoms with Crippen molar-refractivity contribution < 1.29 is 14.6 Å². The predicted molar refractivity (Wildman–Crippen MR) is 129 cm³/mol. The molecule has 0 spiro atoms. The number of nitrogen functional groups attached to an aromatic ring is 1. The van der Waals surface area contributed by atoms with Gasteiger partial charge in [-0.05, 0) is 73.4 Å². The Morgan fingerprint density at radius 3 is 2.34 bits per heavy atom. The Kier molecular flexibility index (Phi) is 8.15. The van der Waals surface area contributed by atoms with Gasteiger partial charge in [-0.15, -0.1) is 0 Å². The Labute approximate surface area is 191 Å². The number of hydrogen-bond donors (Lipinski definition) is 3. The first kappa shape index (κ1) is 24.1. The largest absolute Gasteiger partial charge is 0.496 e. The number of carbonyl (C=O) groups excluding carboxylic acids is 1. The lowest BCUT2D eigenvalue weighted by atomic mass is 9.88. The molecule has 0 aromatic heterocycles. The van der Waals surface area contributed by atoms with E-state index in [0.29, 0.717) is 28.8 Å². The van der Waals surface area contributed by atoms with Gasteiger partial charge < -0.3 is 26.2 Å². The monoisotopic (exact) mass is 439 g/mol. The summed E-state index contributed by atoms with van der Waals surface area (Å²) < 4.78 is 5.23. The van der Waals surface area contributed by atoms with Crippen LogP contribution in [0.5, 0.6) is 5.75 Å². The number of rotatable bonds is 9. The molecule has 0 aliphatic carbocycles. The SMILES string of the molecule is COc1cc(N)c(CC2CCN(CCC(O)c3ccc(C(C)C)cc3)CC2)cc1C(N)=O. The molecule has 1 atom stereocenters. The van der Waals surface area contributed by atoms with E-state index in [0.717, 1.165) is 56.4 Å². The molecule has 2 aromatic carbocycles. The van der Waals surface area contributed by atoms with Gasteiger partial charge in [0.15, 0.2) is 0 Å². The summed E-state index contributed by atoms with van der Waals surface area (Å²) in [6.07, 6.45) is 3.27. The van der Waals surface area contributed by atoms with E-state index in [4.69, 9.17) is 16.2 Å². The molecule has 1 fully saturated rings. The summed E-state index contributed by atoms with van der Waals surface area (Å²) in [6, 6.07) is 11.8. The number of benzene rings is 2. The molecule has 0 bridgehead atoms. The first-order valence-electron chi connectivity index (χ1n) is 11.5. The summed E-state index contributed by atoms with van der Waals surface area (Å²) >= 11 is 0. The van der Waals surface area contributed by atoms with Crippen molar-refractivity contribution in [3.8, 4) is 5.75 Å². The zero-order valence-corrected chi connectivity index (χ0v) is 19.5. The lowest BCUT2D eigenvalue weighted by molar-refractivity contribution is 0.0997. The molecule has 3 rings (SSSR count). The Balaban J connectivity index is 1.49. The number of aliphatic hydroxyl groups is 1. The molecule has 1 aliphatic rings. The van der Waals surface area contributed by atoms with Crippen LogP contribution in [0.3, 0.4) is 0 Å². The molecule has 0 saturated carbocycles. The normalized spacial score (nSPS) is 16.3. The Hall–Kier alpha value is -2.57. The van der Waals surface area contributed by atoms with Crippen LogP contribution in [-0.4, -0.2) is 42.7 Å². The standard InChI is InChI=1S/C26H37N3O3/c1-17(2)19-4-6-20(7-5-19)24(30)10-13-29-11-8-18(9-12-29)14-21-15-22(26(28)31)25(32-3)16-23(21)27/h4-7,15-18,24,30H,8-14,27H2,1-3H3,(H2,28,31). The van der Waals surface area contributed by atoms with E-state index in [2.05, 4.69) is 30.9 Å². The molecule has 2 aromatic rings. The molecular formula is C26H37N3O3. The minimum atomic E-state index is -0.504. The molecule has 1 heterocycles. The number of aliphatic hydroxyl groups excluding tert-OH is 1. The maximum absolute atomic E-state index is 11.7. The van der Waals surface area contributed by atoms with Gasteiger partial charge in [-0.3, -0.25) is 4.79 Å². The van der Waals surface area contributed by atoms with Crippen molar-refractivity contribution in [2.24, 2.45) is 11.7 Å². The highest BCUT2D eigenvalue weighted by Crippen LogP contribution is 2.30. The van der Waals surface area contributed by atoms with E-state index < -0.39 is 12.0 Å². The molecule has 6 nitrogen and oxygen atoms in total. The lowest BCUT2D eigenvalue weighted by Gasteiger charge is -2.32. The number of amides is 1. The van der Waals surface area contributed by atoms with Crippen molar-refractivity contribution in [3.63, 3.8) is 0 Å². The first-order valence-corrected chi connectivity index (χ1v) is 11.5. The van der Waals surface area contributed by atoms with Gasteiger partial charge in [-0.2, -0.15) is 0 Å². The third kappa shape index (κ3) is 6.02. The van der Waals surface area contributed by atoms with Crippen molar-refractivity contribution in [1.82, 2.24) is 4.90 Å². The molecule has 174 valence electrons. The highest BCUT2D eigenvalue weighted by atomic mass is 16.5. The first-order chi connectivity index (χ1) is 15.3. The van der Waals surface area contributed by atoms with Gasteiger partial charge in [0.05, 0.1) is 18.8 Å². The number of methoxy groups -OCH3 is 1. The van der Waals surface area contributed by atoms with Crippen molar-refractivity contribution >= 4 is 11.6 Å². The van der Waals surface area contributed by atoms with Crippen LogP contribution in [0.15, 0.2) is 36.4 Å². The molecule has 1 saturated heterocycles. The molecular weight excluding hydrogens is 402 g/mol. The number of nitrogens with two attached hydrogens (primary N) is 2. The van der Waals surface area contributed by atoms with Crippen LogP contribution in [-0.2, 0) is 6.42 Å². The van der Waals surface area contributed by atoms with E-state index in [1.165, 1.54) is 12.7 Å². The van der Waals surface area contributed by atoms with Crippen LogP contribution in [0, 0.1) is 5.92 Å². The predicted octanol–water partition coefficient (Wildman–Crippen LogP) is 3.88. The van der Waals surface area contributed by atoms with E-state index in [1.807, 2.05) is 12.1 Å². The second-order valence-corrected chi connectivity index (χ2v) is 9.23. The van der Waals surface area contributed by atoms with Gasteiger partial charge in [-0.25, -0.2) is 0 Å². The van der Waals surface area contributed by atoms with Gasteiger partial charge in [-0.1, -0.05) is 38.1 Å². The van der Waals surface area contributed by atoms with Crippen molar-refractivity contribution in [2.75, 3.05) is 32.5 Å². The lowest BCUT2D eigenvalue weighted by Crippen LogP contribution is -2.35. The van der Waals surface area contributed by atoms with E-state index >= 15 is 0 Å². The van der Waals surface area contributed by atoms with Crippen LogP contribution in [0.25, 0.3) is 0 Å². The van der Waals surface area contributed by atoms with E-state index in [-0.39, 0.29) is 0 Å². The molecule has 6 heteroatoms. The number of primary amides is 1.